The van der Waals surface area contributed by atoms with E-state index in [-0.39, 0.29) is 17.9 Å². The lowest BCUT2D eigenvalue weighted by atomic mass is 10.1. The average molecular weight is 402 g/mol. The van der Waals surface area contributed by atoms with Crippen molar-refractivity contribution < 1.29 is 23.1 Å². The number of para-hydroxylation sites is 1. The molecule has 0 unspecified atom stereocenters. The van der Waals surface area contributed by atoms with E-state index in [4.69, 9.17) is 0 Å². The van der Waals surface area contributed by atoms with Gasteiger partial charge in [-0.3, -0.25) is 4.79 Å². The number of alkyl halides is 3. The summed E-state index contributed by atoms with van der Waals surface area (Å²) in [6, 6.07) is 12.0. The minimum Gasteiger partial charge on any atom is -0.392 e. The van der Waals surface area contributed by atoms with Gasteiger partial charge in [-0.1, -0.05) is 24.3 Å². The second-order valence-electron chi connectivity index (χ2n) is 6.84. The summed E-state index contributed by atoms with van der Waals surface area (Å²) in [6.07, 6.45) is -4.51. The van der Waals surface area contributed by atoms with E-state index >= 15 is 0 Å². The third-order valence-electron chi connectivity index (χ3n) is 4.99. The monoisotopic (exact) mass is 402 g/mol. The van der Waals surface area contributed by atoms with Crippen LogP contribution in [-0.4, -0.2) is 15.6 Å². The number of aryl methyl sites for hydroxylation is 1. The van der Waals surface area contributed by atoms with Crippen molar-refractivity contribution in [3.05, 3.63) is 82.2 Å². The van der Waals surface area contributed by atoms with E-state index < -0.39 is 17.6 Å². The summed E-state index contributed by atoms with van der Waals surface area (Å²) in [5, 5.41) is 12.2. The number of anilines is 1. The van der Waals surface area contributed by atoms with Crippen LogP contribution in [0.5, 0.6) is 0 Å². The Morgan fingerprint density at radius 1 is 1.07 bits per heavy atom. The normalized spacial score (nSPS) is 11.6. The first-order valence-electron chi connectivity index (χ1n) is 9.01. The van der Waals surface area contributed by atoms with Gasteiger partial charge in [0.1, 0.15) is 0 Å². The standard InChI is InChI=1S/C22H21F3N2O2/c1-13-11-17(21(29)26-19-9-6-7-16(12-28)14(19)2)15(3)27(13)20-10-5-4-8-18(20)22(23,24)25/h4-11,28H,12H2,1-3H3,(H,26,29). The summed E-state index contributed by atoms with van der Waals surface area (Å²) in [6.45, 7) is 4.91. The van der Waals surface area contributed by atoms with Gasteiger partial charge < -0.3 is 15.0 Å². The Balaban J connectivity index is 2.03. The molecular weight excluding hydrogens is 381 g/mol. The first-order chi connectivity index (χ1) is 13.6. The van der Waals surface area contributed by atoms with Gasteiger partial charge in [-0.2, -0.15) is 13.2 Å². The highest BCUT2D eigenvalue weighted by Gasteiger charge is 2.34. The molecule has 0 saturated carbocycles. The second kappa shape index (κ2) is 7.75. The summed E-state index contributed by atoms with van der Waals surface area (Å²) < 4.78 is 41.8. The second-order valence-corrected chi connectivity index (χ2v) is 6.84. The number of rotatable bonds is 4. The molecule has 0 spiro atoms. The van der Waals surface area contributed by atoms with Gasteiger partial charge in [0.05, 0.1) is 23.4 Å². The van der Waals surface area contributed by atoms with E-state index in [2.05, 4.69) is 5.32 Å². The van der Waals surface area contributed by atoms with E-state index in [1.54, 1.807) is 45.0 Å². The van der Waals surface area contributed by atoms with Crippen LogP contribution in [-0.2, 0) is 12.8 Å². The number of aromatic nitrogens is 1. The van der Waals surface area contributed by atoms with Gasteiger partial charge >= 0.3 is 6.18 Å². The van der Waals surface area contributed by atoms with Crippen molar-refractivity contribution in [2.45, 2.75) is 33.6 Å². The zero-order chi connectivity index (χ0) is 21.3. The molecule has 29 heavy (non-hydrogen) atoms. The fraction of sp³-hybridized carbons (Fsp3) is 0.227. The third kappa shape index (κ3) is 3.91. The van der Waals surface area contributed by atoms with Gasteiger partial charge in [-0.05, 0) is 56.2 Å². The summed E-state index contributed by atoms with van der Waals surface area (Å²) in [5.41, 5.74) is 2.40. The van der Waals surface area contributed by atoms with Crippen molar-refractivity contribution in [1.29, 1.82) is 0 Å². The van der Waals surface area contributed by atoms with Crippen LogP contribution in [0.3, 0.4) is 0 Å². The predicted octanol–water partition coefficient (Wildman–Crippen LogP) is 5.17. The van der Waals surface area contributed by atoms with Crippen LogP contribution in [0.2, 0.25) is 0 Å². The summed E-state index contributed by atoms with van der Waals surface area (Å²) in [7, 11) is 0. The molecule has 0 atom stereocenters. The zero-order valence-electron chi connectivity index (χ0n) is 16.3. The van der Waals surface area contributed by atoms with Gasteiger partial charge in [0.2, 0.25) is 0 Å². The largest absolute Gasteiger partial charge is 0.418 e. The number of hydrogen-bond donors (Lipinski definition) is 2. The number of hydrogen-bond acceptors (Lipinski definition) is 2. The van der Waals surface area contributed by atoms with E-state index in [1.807, 2.05) is 0 Å². The molecule has 2 N–H and O–H groups in total. The van der Waals surface area contributed by atoms with E-state index in [0.717, 1.165) is 11.6 Å². The predicted molar refractivity (Wildman–Crippen MR) is 105 cm³/mol. The maximum atomic E-state index is 13.5. The summed E-state index contributed by atoms with van der Waals surface area (Å²) in [5.74, 6) is -0.424. The number of benzene rings is 2. The molecule has 0 aliphatic carbocycles. The highest BCUT2D eigenvalue weighted by Crippen LogP contribution is 2.35. The van der Waals surface area contributed by atoms with Crippen molar-refractivity contribution in [2.24, 2.45) is 0 Å². The molecule has 1 amide bonds. The van der Waals surface area contributed by atoms with Gasteiger partial charge in [-0.15, -0.1) is 0 Å². The maximum absolute atomic E-state index is 13.5. The summed E-state index contributed by atoms with van der Waals surface area (Å²) in [4.78, 5) is 12.9. The van der Waals surface area contributed by atoms with Gasteiger partial charge in [0.15, 0.2) is 0 Å². The Labute approximate surface area is 166 Å². The molecule has 4 nitrogen and oxygen atoms in total. The van der Waals surface area contributed by atoms with Crippen LogP contribution in [0.25, 0.3) is 5.69 Å². The van der Waals surface area contributed by atoms with Gasteiger partial charge in [0.25, 0.3) is 5.91 Å². The van der Waals surface area contributed by atoms with Crippen molar-refractivity contribution in [3.63, 3.8) is 0 Å². The molecule has 0 radical (unpaired) electrons. The number of aliphatic hydroxyl groups is 1. The Hall–Kier alpha value is -3.06. The molecule has 7 heteroatoms. The summed E-state index contributed by atoms with van der Waals surface area (Å²) >= 11 is 0. The first-order valence-corrected chi connectivity index (χ1v) is 9.01. The Bertz CT molecular complexity index is 1070. The molecule has 0 bridgehead atoms. The Morgan fingerprint density at radius 2 is 1.76 bits per heavy atom. The Kier molecular flexibility index (Phi) is 5.53. The maximum Gasteiger partial charge on any atom is 0.418 e. The van der Waals surface area contributed by atoms with Gasteiger partial charge in [-0.25, -0.2) is 0 Å². The van der Waals surface area contributed by atoms with Crippen LogP contribution in [0.4, 0.5) is 18.9 Å². The van der Waals surface area contributed by atoms with Gasteiger partial charge in [0, 0.05) is 17.1 Å². The number of halogens is 3. The zero-order valence-corrected chi connectivity index (χ0v) is 16.3. The molecular formula is C22H21F3N2O2. The molecule has 1 aromatic heterocycles. The van der Waals surface area contributed by atoms with E-state index in [0.29, 0.717) is 22.6 Å². The highest BCUT2D eigenvalue weighted by molar-refractivity contribution is 6.05. The minimum absolute atomic E-state index is 0.0208. The smallest absolute Gasteiger partial charge is 0.392 e. The Morgan fingerprint density at radius 3 is 2.41 bits per heavy atom. The van der Waals surface area contributed by atoms with Crippen LogP contribution < -0.4 is 5.32 Å². The number of nitrogens with zero attached hydrogens (tertiary/aromatic N) is 1. The number of aliphatic hydroxyl groups excluding tert-OH is 1. The third-order valence-corrected chi connectivity index (χ3v) is 4.99. The topological polar surface area (TPSA) is 54.3 Å². The molecule has 152 valence electrons. The number of carbonyl (C=O) groups excluding carboxylic acids is 1. The molecule has 0 saturated heterocycles. The van der Waals surface area contributed by atoms with Crippen molar-refractivity contribution in [3.8, 4) is 5.69 Å². The lowest BCUT2D eigenvalue weighted by Crippen LogP contribution is -2.15. The molecule has 2 aromatic carbocycles. The fourth-order valence-corrected chi connectivity index (χ4v) is 3.45. The molecule has 3 aromatic rings. The van der Waals surface area contributed by atoms with E-state index in [1.165, 1.54) is 22.8 Å². The fourth-order valence-electron chi connectivity index (χ4n) is 3.45. The molecule has 0 aliphatic rings. The van der Waals surface area contributed by atoms with Crippen molar-refractivity contribution in [2.75, 3.05) is 5.32 Å². The lowest BCUT2D eigenvalue weighted by molar-refractivity contribution is -0.137. The number of nitrogens with one attached hydrogen (secondary N) is 1. The number of carbonyl (C=O) groups is 1. The average Bonchev–Trinajstić information content (AvgIpc) is 2.97. The molecule has 3 rings (SSSR count). The van der Waals surface area contributed by atoms with Crippen LogP contribution >= 0.6 is 0 Å². The van der Waals surface area contributed by atoms with Crippen LogP contribution in [0, 0.1) is 20.8 Å². The first kappa shape index (κ1) is 20.7. The van der Waals surface area contributed by atoms with Crippen molar-refractivity contribution >= 4 is 11.6 Å². The molecule has 0 fully saturated rings. The highest BCUT2D eigenvalue weighted by atomic mass is 19.4. The van der Waals surface area contributed by atoms with Crippen LogP contribution in [0.15, 0.2) is 48.5 Å². The number of amides is 1. The van der Waals surface area contributed by atoms with Crippen LogP contribution in [0.1, 0.15) is 38.4 Å². The minimum atomic E-state index is -4.51. The SMILES string of the molecule is Cc1c(CO)cccc1NC(=O)c1cc(C)n(-c2ccccc2C(F)(F)F)c1C. The van der Waals surface area contributed by atoms with Crippen molar-refractivity contribution in [1.82, 2.24) is 4.57 Å². The molecule has 0 aliphatic heterocycles. The van der Waals surface area contributed by atoms with E-state index in [9.17, 15) is 23.1 Å². The molecule has 1 heterocycles. The lowest BCUT2D eigenvalue weighted by Gasteiger charge is -2.17. The quantitative estimate of drug-likeness (QED) is 0.633.